The SMILES string of the molecule is CNCCCNC(=O)C(C)(C)CC(C)C. The predicted molar refractivity (Wildman–Crippen MR) is 64.8 cm³/mol. The molecule has 3 heteroatoms. The number of carbonyl (C=O) groups is 1. The van der Waals surface area contributed by atoms with Gasteiger partial charge in [-0.1, -0.05) is 27.7 Å². The van der Waals surface area contributed by atoms with Crippen molar-refractivity contribution in [1.29, 1.82) is 0 Å². The van der Waals surface area contributed by atoms with Crippen LogP contribution in [-0.4, -0.2) is 26.0 Å². The first-order valence-electron chi connectivity index (χ1n) is 5.83. The lowest BCUT2D eigenvalue weighted by Gasteiger charge is -2.25. The Balaban J connectivity index is 3.86. The van der Waals surface area contributed by atoms with Crippen LogP contribution in [0.4, 0.5) is 0 Å². The molecule has 0 saturated heterocycles. The van der Waals surface area contributed by atoms with Gasteiger partial charge in [-0.25, -0.2) is 0 Å². The van der Waals surface area contributed by atoms with E-state index in [0.717, 1.165) is 25.9 Å². The van der Waals surface area contributed by atoms with Crippen molar-refractivity contribution in [3.8, 4) is 0 Å². The first-order valence-corrected chi connectivity index (χ1v) is 5.83. The van der Waals surface area contributed by atoms with Crippen molar-refractivity contribution >= 4 is 5.91 Å². The highest BCUT2D eigenvalue weighted by atomic mass is 16.2. The minimum atomic E-state index is -0.242. The molecular weight excluding hydrogens is 188 g/mol. The van der Waals surface area contributed by atoms with Gasteiger partial charge in [0.1, 0.15) is 0 Å². The summed E-state index contributed by atoms with van der Waals surface area (Å²) in [5.41, 5.74) is -0.242. The minimum Gasteiger partial charge on any atom is -0.356 e. The number of carbonyl (C=O) groups excluding carboxylic acids is 1. The van der Waals surface area contributed by atoms with Crippen molar-refractivity contribution in [3.05, 3.63) is 0 Å². The molecule has 0 aliphatic heterocycles. The van der Waals surface area contributed by atoms with Crippen LogP contribution in [0, 0.1) is 11.3 Å². The molecule has 0 heterocycles. The summed E-state index contributed by atoms with van der Waals surface area (Å²) in [7, 11) is 1.92. The van der Waals surface area contributed by atoms with E-state index >= 15 is 0 Å². The lowest BCUT2D eigenvalue weighted by Crippen LogP contribution is -2.38. The highest BCUT2D eigenvalue weighted by Gasteiger charge is 2.27. The second kappa shape index (κ2) is 6.83. The molecule has 90 valence electrons. The fourth-order valence-corrected chi connectivity index (χ4v) is 1.82. The van der Waals surface area contributed by atoms with Gasteiger partial charge in [-0.05, 0) is 32.4 Å². The molecule has 2 N–H and O–H groups in total. The molecule has 15 heavy (non-hydrogen) atoms. The Labute approximate surface area is 94.0 Å². The first kappa shape index (κ1) is 14.4. The zero-order valence-electron chi connectivity index (χ0n) is 10.8. The van der Waals surface area contributed by atoms with Gasteiger partial charge < -0.3 is 10.6 Å². The van der Waals surface area contributed by atoms with Gasteiger partial charge in [0, 0.05) is 12.0 Å². The van der Waals surface area contributed by atoms with Crippen molar-refractivity contribution < 1.29 is 4.79 Å². The maximum atomic E-state index is 11.8. The van der Waals surface area contributed by atoms with Crippen molar-refractivity contribution in [2.24, 2.45) is 11.3 Å². The molecule has 0 atom stereocenters. The number of amides is 1. The Bertz CT molecular complexity index is 188. The van der Waals surface area contributed by atoms with Crippen molar-refractivity contribution in [2.45, 2.75) is 40.5 Å². The van der Waals surface area contributed by atoms with Crippen LogP contribution in [0.25, 0.3) is 0 Å². The Morgan fingerprint density at radius 3 is 2.33 bits per heavy atom. The van der Waals surface area contributed by atoms with Crippen LogP contribution in [0.2, 0.25) is 0 Å². The van der Waals surface area contributed by atoms with Gasteiger partial charge in [-0.2, -0.15) is 0 Å². The van der Waals surface area contributed by atoms with E-state index in [1.54, 1.807) is 0 Å². The zero-order valence-corrected chi connectivity index (χ0v) is 10.8. The highest BCUT2D eigenvalue weighted by Crippen LogP contribution is 2.25. The van der Waals surface area contributed by atoms with Crippen LogP contribution < -0.4 is 10.6 Å². The van der Waals surface area contributed by atoms with Crippen molar-refractivity contribution in [2.75, 3.05) is 20.1 Å². The molecule has 0 aromatic carbocycles. The average molecular weight is 214 g/mol. The number of nitrogens with one attached hydrogen (secondary N) is 2. The molecule has 0 bridgehead atoms. The topological polar surface area (TPSA) is 41.1 Å². The second-order valence-electron chi connectivity index (χ2n) is 5.19. The lowest BCUT2D eigenvalue weighted by atomic mass is 9.83. The standard InChI is InChI=1S/C12H26N2O/c1-10(2)9-12(3,4)11(15)14-8-6-7-13-5/h10,13H,6-9H2,1-5H3,(H,14,15). The van der Waals surface area contributed by atoms with E-state index in [1.165, 1.54) is 0 Å². The molecule has 0 saturated carbocycles. The smallest absolute Gasteiger partial charge is 0.225 e. The predicted octanol–water partition coefficient (Wildman–Crippen LogP) is 1.78. The molecule has 0 radical (unpaired) electrons. The molecule has 0 aromatic rings. The van der Waals surface area contributed by atoms with E-state index in [4.69, 9.17) is 0 Å². The van der Waals surface area contributed by atoms with Crippen LogP contribution in [-0.2, 0) is 4.79 Å². The monoisotopic (exact) mass is 214 g/mol. The lowest BCUT2D eigenvalue weighted by molar-refractivity contribution is -0.130. The van der Waals surface area contributed by atoms with Crippen LogP contribution >= 0.6 is 0 Å². The minimum absolute atomic E-state index is 0.173. The Hall–Kier alpha value is -0.570. The maximum Gasteiger partial charge on any atom is 0.225 e. The Morgan fingerprint density at radius 2 is 1.87 bits per heavy atom. The summed E-state index contributed by atoms with van der Waals surface area (Å²) in [6, 6.07) is 0. The molecule has 0 aromatic heterocycles. The van der Waals surface area contributed by atoms with Crippen LogP contribution in [0.3, 0.4) is 0 Å². The normalized spacial score (nSPS) is 11.9. The van der Waals surface area contributed by atoms with Crippen molar-refractivity contribution in [3.63, 3.8) is 0 Å². The fraction of sp³-hybridized carbons (Fsp3) is 0.917. The number of hydrogen-bond donors (Lipinski definition) is 2. The third-order valence-electron chi connectivity index (χ3n) is 2.42. The maximum absolute atomic E-state index is 11.8. The summed E-state index contributed by atoms with van der Waals surface area (Å²) < 4.78 is 0. The largest absolute Gasteiger partial charge is 0.356 e. The Kier molecular flexibility index (Phi) is 6.57. The van der Waals surface area contributed by atoms with E-state index in [-0.39, 0.29) is 11.3 Å². The van der Waals surface area contributed by atoms with E-state index < -0.39 is 0 Å². The first-order chi connectivity index (χ1) is 6.90. The van der Waals surface area contributed by atoms with Crippen LogP contribution in [0.5, 0.6) is 0 Å². The molecular formula is C12H26N2O. The van der Waals surface area contributed by atoms with Gasteiger partial charge in [0.15, 0.2) is 0 Å². The van der Waals surface area contributed by atoms with Gasteiger partial charge in [0.2, 0.25) is 5.91 Å². The van der Waals surface area contributed by atoms with Gasteiger partial charge in [-0.3, -0.25) is 4.79 Å². The van der Waals surface area contributed by atoms with E-state index in [2.05, 4.69) is 24.5 Å². The second-order valence-corrected chi connectivity index (χ2v) is 5.19. The molecule has 0 aliphatic rings. The summed E-state index contributed by atoms with van der Waals surface area (Å²) in [6.45, 7) is 10.0. The fourth-order valence-electron chi connectivity index (χ4n) is 1.82. The molecule has 0 fully saturated rings. The highest BCUT2D eigenvalue weighted by molar-refractivity contribution is 5.81. The van der Waals surface area contributed by atoms with E-state index in [0.29, 0.717) is 5.92 Å². The summed E-state index contributed by atoms with van der Waals surface area (Å²) in [5.74, 6) is 0.732. The molecule has 0 unspecified atom stereocenters. The summed E-state index contributed by atoms with van der Waals surface area (Å²) in [5, 5.41) is 6.05. The van der Waals surface area contributed by atoms with E-state index in [9.17, 15) is 4.79 Å². The molecule has 0 aliphatic carbocycles. The van der Waals surface area contributed by atoms with Crippen LogP contribution in [0.1, 0.15) is 40.5 Å². The third-order valence-corrected chi connectivity index (χ3v) is 2.42. The van der Waals surface area contributed by atoms with Crippen molar-refractivity contribution in [1.82, 2.24) is 10.6 Å². The molecule has 0 spiro atoms. The van der Waals surface area contributed by atoms with Gasteiger partial charge in [0.25, 0.3) is 0 Å². The zero-order chi connectivity index (χ0) is 11.9. The number of hydrogen-bond acceptors (Lipinski definition) is 2. The molecule has 1 amide bonds. The molecule has 0 rings (SSSR count). The van der Waals surface area contributed by atoms with Gasteiger partial charge >= 0.3 is 0 Å². The molecule has 3 nitrogen and oxygen atoms in total. The summed E-state index contributed by atoms with van der Waals surface area (Å²) in [6.07, 6.45) is 1.92. The van der Waals surface area contributed by atoms with Gasteiger partial charge in [0.05, 0.1) is 0 Å². The Morgan fingerprint density at radius 1 is 1.27 bits per heavy atom. The summed E-state index contributed by atoms with van der Waals surface area (Å²) >= 11 is 0. The third kappa shape index (κ3) is 6.50. The average Bonchev–Trinajstić information content (AvgIpc) is 2.10. The van der Waals surface area contributed by atoms with E-state index in [1.807, 2.05) is 20.9 Å². The summed E-state index contributed by atoms with van der Waals surface area (Å²) in [4.78, 5) is 11.8. The quantitative estimate of drug-likeness (QED) is 0.634. The van der Waals surface area contributed by atoms with Crippen LogP contribution in [0.15, 0.2) is 0 Å². The van der Waals surface area contributed by atoms with Gasteiger partial charge in [-0.15, -0.1) is 0 Å². The number of rotatable bonds is 7.